The highest BCUT2D eigenvalue weighted by atomic mass is 15.3. The van der Waals surface area contributed by atoms with Gasteiger partial charge in [0, 0.05) is 11.9 Å². The average Bonchev–Trinajstić information content (AvgIpc) is 2.86. The van der Waals surface area contributed by atoms with E-state index in [1.54, 1.807) is 0 Å². The summed E-state index contributed by atoms with van der Waals surface area (Å²) in [4.78, 5) is 0. The molecule has 0 atom stereocenters. The number of benzene rings is 2. The van der Waals surface area contributed by atoms with E-state index in [9.17, 15) is 0 Å². The Labute approximate surface area is 119 Å². The lowest BCUT2D eigenvalue weighted by Gasteiger charge is -2.05. The van der Waals surface area contributed by atoms with Crippen LogP contribution in [0, 0.1) is 0 Å². The van der Waals surface area contributed by atoms with E-state index in [-0.39, 0.29) is 0 Å². The van der Waals surface area contributed by atoms with Crippen LogP contribution in [0.5, 0.6) is 0 Å². The summed E-state index contributed by atoms with van der Waals surface area (Å²) in [5.74, 6) is 0. The number of aromatic nitrogens is 2. The number of nitrogens with zero attached hydrogens (tertiary/aromatic N) is 2. The van der Waals surface area contributed by atoms with Gasteiger partial charge in [-0.25, -0.2) is 0 Å². The van der Waals surface area contributed by atoms with Crippen LogP contribution in [0.25, 0.3) is 10.9 Å². The van der Waals surface area contributed by atoms with Gasteiger partial charge in [-0.05, 0) is 23.6 Å². The Morgan fingerprint density at radius 1 is 1.00 bits per heavy atom. The molecule has 0 spiro atoms. The van der Waals surface area contributed by atoms with Gasteiger partial charge in [0.1, 0.15) is 0 Å². The molecule has 0 aliphatic heterocycles. The highest BCUT2D eigenvalue weighted by molar-refractivity contribution is 5.82. The number of nitrogens with two attached hydrogens (primary N) is 1. The molecule has 1 heterocycles. The van der Waals surface area contributed by atoms with E-state index in [4.69, 9.17) is 5.73 Å². The Balaban J connectivity index is 1.97. The molecule has 0 amide bonds. The van der Waals surface area contributed by atoms with Crippen molar-refractivity contribution < 1.29 is 0 Å². The van der Waals surface area contributed by atoms with Crippen molar-refractivity contribution in [2.45, 2.75) is 26.4 Å². The number of hydrogen-bond acceptors (Lipinski definition) is 2. The third kappa shape index (κ3) is 2.32. The van der Waals surface area contributed by atoms with Crippen molar-refractivity contribution in [1.82, 2.24) is 9.78 Å². The molecule has 3 heteroatoms. The monoisotopic (exact) mass is 265 g/mol. The largest absolute Gasteiger partial charge is 0.325 e. The number of para-hydroxylation sites is 1. The lowest BCUT2D eigenvalue weighted by Crippen LogP contribution is -2.04. The standard InChI is InChI=1S/C17H19N3/c1-2-13-7-9-14(10-8-13)12-20-17-6-4-3-5-15(17)16(11-18)19-20/h3-10H,2,11-12,18H2,1H3. The molecule has 3 aromatic rings. The zero-order chi connectivity index (χ0) is 13.9. The van der Waals surface area contributed by atoms with Gasteiger partial charge in [-0.1, -0.05) is 49.4 Å². The zero-order valence-electron chi connectivity index (χ0n) is 11.7. The van der Waals surface area contributed by atoms with Gasteiger partial charge in [-0.2, -0.15) is 5.10 Å². The van der Waals surface area contributed by atoms with Gasteiger partial charge in [0.05, 0.1) is 17.8 Å². The summed E-state index contributed by atoms with van der Waals surface area (Å²) in [5, 5.41) is 5.79. The van der Waals surface area contributed by atoms with E-state index in [1.807, 2.05) is 16.8 Å². The topological polar surface area (TPSA) is 43.8 Å². The fourth-order valence-corrected chi connectivity index (χ4v) is 2.52. The first kappa shape index (κ1) is 12.9. The van der Waals surface area contributed by atoms with E-state index in [1.165, 1.54) is 11.1 Å². The molecule has 0 aliphatic rings. The number of fused-ring (bicyclic) bond motifs is 1. The van der Waals surface area contributed by atoms with Crippen molar-refractivity contribution in [2.75, 3.05) is 0 Å². The molecule has 3 rings (SSSR count). The molecule has 0 saturated carbocycles. The van der Waals surface area contributed by atoms with Gasteiger partial charge < -0.3 is 5.73 Å². The Hall–Kier alpha value is -2.13. The van der Waals surface area contributed by atoms with Gasteiger partial charge in [0.25, 0.3) is 0 Å². The summed E-state index contributed by atoms with van der Waals surface area (Å²) in [5.41, 5.74) is 10.5. The van der Waals surface area contributed by atoms with Gasteiger partial charge in [-0.3, -0.25) is 4.68 Å². The van der Waals surface area contributed by atoms with Crippen LogP contribution in [0.1, 0.15) is 23.7 Å². The van der Waals surface area contributed by atoms with Gasteiger partial charge in [0.15, 0.2) is 0 Å². The molecule has 3 nitrogen and oxygen atoms in total. The maximum absolute atomic E-state index is 5.78. The van der Waals surface area contributed by atoms with Crippen LogP contribution in [-0.2, 0) is 19.5 Å². The molecule has 20 heavy (non-hydrogen) atoms. The third-order valence-electron chi connectivity index (χ3n) is 3.69. The SMILES string of the molecule is CCc1ccc(Cn2nc(CN)c3ccccc32)cc1. The molecule has 2 N–H and O–H groups in total. The van der Waals surface area contributed by atoms with Crippen LogP contribution < -0.4 is 5.73 Å². The second-order valence-electron chi connectivity index (χ2n) is 5.00. The highest BCUT2D eigenvalue weighted by Gasteiger charge is 2.08. The lowest BCUT2D eigenvalue weighted by atomic mass is 10.1. The third-order valence-corrected chi connectivity index (χ3v) is 3.69. The second kappa shape index (κ2) is 5.47. The lowest BCUT2D eigenvalue weighted by molar-refractivity contribution is 0.693. The predicted octanol–water partition coefficient (Wildman–Crippen LogP) is 3.11. The van der Waals surface area contributed by atoms with E-state index in [0.29, 0.717) is 6.54 Å². The Morgan fingerprint density at radius 3 is 2.40 bits per heavy atom. The summed E-state index contributed by atoms with van der Waals surface area (Å²) in [7, 11) is 0. The van der Waals surface area contributed by atoms with Crippen LogP contribution >= 0.6 is 0 Å². The molecule has 0 aliphatic carbocycles. The fraction of sp³-hybridized carbons (Fsp3) is 0.235. The van der Waals surface area contributed by atoms with Crippen molar-refractivity contribution in [3.8, 4) is 0 Å². The molecule has 0 fully saturated rings. The summed E-state index contributed by atoms with van der Waals surface area (Å²) in [6, 6.07) is 17.0. The van der Waals surface area contributed by atoms with Crippen LogP contribution in [-0.4, -0.2) is 9.78 Å². The molecule has 0 radical (unpaired) electrons. The minimum absolute atomic E-state index is 0.474. The number of hydrogen-bond donors (Lipinski definition) is 1. The minimum Gasteiger partial charge on any atom is -0.325 e. The van der Waals surface area contributed by atoms with Crippen LogP contribution in [0.2, 0.25) is 0 Å². The first-order valence-corrected chi connectivity index (χ1v) is 7.04. The van der Waals surface area contributed by atoms with Gasteiger partial charge in [-0.15, -0.1) is 0 Å². The first-order valence-electron chi connectivity index (χ1n) is 7.04. The Bertz CT molecular complexity index is 711. The Morgan fingerprint density at radius 2 is 1.70 bits per heavy atom. The summed E-state index contributed by atoms with van der Waals surface area (Å²) in [6.45, 7) is 3.43. The highest BCUT2D eigenvalue weighted by Crippen LogP contribution is 2.19. The van der Waals surface area contributed by atoms with Crippen molar-refractivity contribution in [3.63, 3.8) is 0 Å². The normalized spacial score (nSPS) is 11.1. The van der Waals surface area contributed by atoms with Gasteiger partial charge >= 0.3 is 0 Å². The fourth-order valence-electron chi connectivity index (χ4n) is 2.52. The van der Waals surface area contributed by atoms with Crippen LogP contribution in [0.15, 0.2) is 48.5 Å². The average molecular weight is 265 g/mol. The van der Waals surface area contributed by atoms with Gasteiger partial charge in [0.2, 0.25) is 0 Å². The quantitative estimate of drug-likeness (QED) is 0.787. The summed E-state index contributed by atoms with van der Waals surface area (Å²) in [6.07, 6.45) is 1.07. The molecule has 0 saturated heterocycles. The van der Waals surface area contributed by atoms with E-state index in [2.05, 4.69) is 48.4 Å². The summed E-state index contributed by atoms with van der Waals surface area (Å²) >= 11 is 0. The number of rotatable bonds is 4. The second-order valence-corrected chi connectivity index (χ2v) is 5.00. The molecule has 1 aromatic heterocycles. The first-order chi connectivity index (χ1) is 9.81. The molecular weight excluding hydrogens is 246 g/mol. The van der Waals surface area contributed by atoms with Crippen molar-refractivity contribution >= 4 is 10.9 Å². The van der Waals surface area contributed by atoms with Crippen molar-refractivity contribution in [2.24, 2.45) is 5.73 Å². The molecule has 102 valence electrons. The molecular formula is C17H19N3. The predicted molar refractivity (Wildman–Crippen MR) is 82.5 cm³/mol. The molecule has 0 bridgehead atoms. The van der Waals surface area contributed by atoms with E-state index < -0.39 is 0 Å². The number of aryl methyl sites for hydroxylation is 1. The summed E-state index contributed by atoms with van der Waals surface area (Å²) < 4.78 is 2.04. The smallest absolute Gasteiger partial charge is 0.0839 e. The van der Waals surface area contributed by atoms with Crippen LogP contribution in [0.3, 0.4) is 0 Å². The van der Waals surface area contributed by atoms with E-state index in [0.717, 1.165) is 29.6 Å². The minimum atomic E-state index is 0.474. The van der Waals surface area contributed by atoms with E-state index >= 15 is 0 Å². The molecule has 0 unspecified atom stereocenters. The van der Waals surface area contributed by atoms with Crippen molar-refractivity contribution in [1.29, 1.82) is 0 Å². The molecule has 2 aromatic carbocycles. The van der Waals surface area contributed by atoms with Crippen LogP contribution in [0.4, 0.5) is 0 Å². The van der Waals surface area contributed by atoms with Crippen molar-refractivity contribution in [3.05, 3.63) is 65.4 Å². The zero-order valence-corrected chi connectivity index (χ0v) is 11.7. The maximum atomic E-state index is 5.78. The Kier molecular flexibility index (Phi) is 3.52. The maximum Gasteiger partial charge on any atom is 0.0839 e.